The molecule has 156 valence electrons. The van der Waals surface area contributed by atoms with Gasteiger partial charge in [-0.15, -0.1) is 0 Å². The number of carbonyl (C=O) groups is 1. The first-order valence-corrected chi connectivity index (χ1v) is 10.2. The van der Waals surface area contributed by atoms with E-state index in [2.05, 4.69) is 34.4 Å². The lowest BCUT2D eigenvalue weighted by atomic mass is 9.99. The molecule has 7 nitrogen and oxygen atoms in total. The van der Waals surface area contributed by atoms with Gasteiger partial charge in [-0.05, 0) is 42.5 Å². The Labute approximate surface area is 171 Å². The van der Waals surface area contributed by atoms with E-state index in [1.165, 1.54) is 35.2 Å². The Morgan fingerprint density at radius 3 is 2.79 bits per heavy atom. The molecule has 1 fully saturated rings. The van der Waals surface area contributed by atoms with Gasteiger partial charge >= 0.3 is 0 Å². The van der Waals surface area contributed by atoms with Crippen LogP contribution in [0, 0.1) is 5.92 Å². The van der Waals surface area contributed by atoms with Crippen molar-refractivity contribution in [2.45, 2.75) is 39.4 Å². The highest BCUT2D eigenvalue weighted by molar-refractivity contribution is 5.91. The van der Waals surface area contributed by atoms with Crippen molar-refractivity contribution in [1.82, 2.24) is 20.0 Å². The number of methoxy groups -OCH3 is 1. The average Bonchev–Trinajstić information content (AvgIpc) is 2.72. The van der Waals surface area contributed by atoms with Gasteiger partial charge in [0.05, 0.1) is 13.2 Å². The largest absolute Gasteiger partial charge is 0.383 e. The molecule has 0 spiro atoms. The summed E-state index contributed by atoms with van der Waals surface area (Å²) in [5, 5.41) is 7.09. The van der Waals surface area contributed by atoms with Gasteiger partial charge < -0.3 is 10.1 Å². The van der Waals surface area contributed by atoms with Crippen LogP contribution < -0.4 is 10.9 Å². The molecule has 1 saturated heterocycles. The maximum Gasteiger partial charge on any atom is 0.271 e. The zero-order valence-corrected chi connectivity index (χ0v) is 17.3. The molecule has 2 heterocycles. The number of aromatic nitrogens is 2. The molecule has 1 aromatic heterocycles. The van der Waals surface area contributed by atoms with Gasteiger partial charge in [0.2, 0.25) is 0 Å². The van der Waals surface area contributed by atoms with E-state index in [1.807, 2.05) is 12.1 Å². The summed E-state index contributed by atoms with van der Waals surface area (Å²) in [6, 6.07) is 11.0. The normalized spacial score (nSPS) is 17.2. The Balaban J connectivity index is 1.64. The third kappa shape index (κ3) is 5.98. The van der Waals surface area contributed by atoms with E-state index in [0.717, 1.165) is 31.1 Å². The molecular weight excluding hydrogens is 368 g/mol. The lowest BCUT2D eigenvalue weighted by Crippen LogP contribution is -2.34. The fourth-order valence-electron chi connectivity index (χ4n) is 3.73. The minimum atomic E-state index is -0.294. The summed E-state index contributed by atoms with van der Waals surface area (Å²) < 4.78 is 6.24. The van der Waals surface area contributed by atoms with Crippen LogP contribution in [0.5, 0.6) is 0 Å². The summed E-state index contributed by atoms with van der Waals surface area (Å²) in [6.07, 6.45) is 2.54. The van der Waals surface area contributed by atoms with E-state index in [9.17, 15) is 9.59 Å². The number of benzene rings is 1. The second kappa shape index (κ2) is 10.3. The monoisotopic (exact) mass is 398 g/mol. The van der Waals surface area contributed by atoms with Crippen LogP contribution in [-0.4, -0.2) is 47.4 Å². The van der Waals surface area contributed by atoms with Gasteiger partial charge in [-0.2, -0.15) is 5.10 Å². The molecule has 0 unspecified atom stereocenters. The molecule has 1 aliphatic heterocycles. The zero-order valence-electron chi connectivity index (χ0n) is 17.3. The fraction of sp³-hybridized carbons (Fsp3) is 0.500. The third-order valence-electron chi connectivity index (χ3n) is 5.30. The van der Waals surface area contributed by atoms with Gasteiger partial charge in [-0.25, -0.2) is 4.68 Å². The molecule has 1 N–H and O–H groups in total. The van der Waals surface area contributed by atoms with Gasteiger partial charge in [0, 0.05) is 32.8 Å². The highest BCUT2D eigenvalue weighted by atomic mass is 16.5. The molecule has 0 aliphatic carbocycles. The highest BCUT2D eigenvalue weighted by Crippen LogP contribution is 2.19. The maximum atomic E-state index is 12.6. The van der Waals surface area contributed by atoms with E-state index in [-0.39, 0.29) is 17.2 Å². The summed E-state index contributed by atoms with van der Waals surface area (Å²) in [5.41, 5.74) is 2.31. The van der Waals surface area contributed by atoms with E-state index in [1.54, 1.807) is 7.11 Å². The van der Waals surface area contributed by atoms with Crippen LogP contribution in [0.15, 0.2) is 41.2 Å². The number of carbonyl (C=O) groups excluding carboxylic acids is 1. The van der Waals surface area contributed by atoms with Crippen molar-refractivity contribution in [3.63, 3.8) is 0 Å². The maximum absolute atomic E-state index is 12.6. The van der Waals surface area contributed by atoms with Crippen LogP contribution in [0.3, 0.4) is 0 Å². The predicted molar refractivity (Wildman–Crippen MR) is 112 cm³/mol. The fourth-order valence-corrected chi connectivity index (χ4v) is 3.73. The lowest BCUT2D eigenvalue weighted by molar-refractivity contribution is 0.0942. The summed E-state index contributed by atoms with van der Waals surface area (Å²) in [5.74, 6) is 0.438. The quantitative estimate of drug-likeness (QED) is 0.737. The molecule has 29 heavy (non-hydrogen) atoms. The SMILES string of the molecule is COCCn1nc(C(=O)NCc2ccccc2CN2CCC[C@@H](C)C2)ccc1=O. The number of nitrogens with zero attached hydrogens (tertiary/aromatic N) is 3. The van der Waals surface area contributed by atoms with Crippen LogP contribution in [0.2, 0.25) is 0 Å². The first-order chi connectivity index (χ1) is 14.1. The molecule has 0 bridgehead atoms. The van der Waals surface area contributed by atoms with Crippen molar-refractivity contribution in [3.05, 3.63) is 63.6 Å². The molecule has 3 rings (SSSR count). The molecular formula is C22H30N4O3. The van der Waals surface area contributed by atoms with Gasteiger partial charge in [-0.1, -0.05) is 31.2 Å². The lowest BCUT2D eigenvalue weighted by Gasteiger charge is -2.31. The van der Waals surface area contributed by atoms with Gasteiger partial charge in [0.1, 0.15) is 5.69 Å². The number of piperidine rings is 1. The Morgan fingerprint density at radius 1 is 1.24 bits per heavy atom. The molecule has 0 radical (unpaired) electrons. The highest BCUT2D eigenvalue weighted by Gasteiger charge is 2.17. The number of hydrogen-bond acceptors (Lipinski definition) is 5. The average molecular weight is 399 g/mol. The van der Waals surface area contributed by atoms with E-state index < -0.39 is 0 Å². The molecule has 1 aliphatic rings. The Hall–Kier alpha value is -2.51. The second-order valence-corrected chi connectivity index (χ2v) is 7.71. The topological polar surface area (TPSA) is 76.5 Å². The van der Waals surface area contributed by atoms with Crippen LogP contribution in [-0.2, 0) is 24.4 Å². The van der Waals surface area contributed by atoms with Crippen molar-refractivity contribution in [3.8, 4) is 0 Å². The first kappa shape index (κ1) is 21.2. The molecule has 2 aromatic rings. The van der Waals surface area contributed by atoms with Gasteiger partial charge in [0.15, 0.2) is 0 Å². The number of ether oxygens (including phenoxy) is 1. The summed E-state index contributed by atoms with van der Waals surface area (Å²) >= 11 is 0. The smallest absolute Gasteiger partial charge is 0.271 e. The van der Waals surface area contributed by atoms with Crippen molar-refractivity contribution in [1.29, 1.82) is 0 Å². The number of likely N-dealkylation sites (tertiary alicyclic amines) is 1. The van der Waals surface area contributed by atoms with Crippen LogP contribution in [0.25, 0.3) is 0 Å². The van der Waals surface area contributed by atoms with E-state index in [0.29, 0.717) is 19.7 Å². The standard InChI is InChI=1S/C22H30N4O3/c1-17-6-5-11-25(15-17)16-19-8-4-3-7-18(19)14-23-22(28)20-9-10-21(27)26(24-20)12-13-29-2/h3-4,7-10,17H,5-6,11-16H2,1-2H3,(H,23,28)/t17-/m1/s1. The van der Waals surface area contributed by atoms with Gasteiger partial charge in [-0.3, -0.25) is 14.5 Å². The molecule has 1 amide bonds. The summed E-state index contributed by atoms with van der Waals surface area (Å²) in [6.45, 7) is 6.55. The second-order valence-electron chi connectivity index (χ2n) is 7.71. The summed E-state index contributed by atoms with van der Waals surface area (Å²) in [4.78, 5) is 26.9. The van der Waals surface area contributed by atoms with Crippen molar-refractivity contribution >= 4 is 5.91 Å². The number of amides is 1. The Kier molecular flexibility index (Phi) is 7.55. The van der Waals surface area contributed by atoms with Crippen LogP contribution in [0.4, 0.5) is 0 Å². The molecule has 1 atom stereocenters. The van der Waals surface area contributed by atoms with E-state index in [4.69, 9.17) is 4.74 Å². The number of rotatable bonds is 8. The van der Waals surface area contributed by atoms with Crippen LogP contribution in [0.1, 0.15) is 41.4 Å². The Bertz CT molecular complexity index is 880. The van der Waals surface area contributed by atoms with Crippen molar-refractivity contribution in [2.24, 2.45) is 5.92 Å². The zero-order chi connectivity index (χ0) is 20.6. The minimum absolute atomic E-state index is 0.225. The van der Waals surface area contributed by atoms with Crippen LogP contribution >= 0.6 is 0 Å². The van der Waals surface area contributed by atoms with Crippen molar-refractivity contribution in [2.75, 3.05) is 26.8 Å². The Morgan fingerprint density at radius 2 is 2.03 bits per heavy atom. The predicted octanol–water partition coefficient (Wildman–Crippen LogP) is 2.05. The van der Waals surface area contributed by atoms with E-state index >= 15 is 0 Å². The van der Waals surface area contributed by atoms with Gasteiger partial charge in [0.25, 0.3) is 11.5 Å². The van der Waals surface area contributed by atoms with Crippen molar-refractivity contribution < 1.29 is 9.53 Å². The third-order valence-corrected chi connectivity index (χ3v) is 5.30. The molecule has 7 heteroatoms. The first-order valence-electron chi connectivity index (χ1n) is 10.2. The number of nitrogens with one attached hydrogen (secondary N) is 1. The minimum Gasteiger partial charge on any atom is -0.383 e. The molecule has 1 aromatic carbocycles. The summed E-state index contributed by atoms with van der Waals surface area (Å²) in [7, 11) is 1.56. The molecule has 0 saturated carbocycles. The number of hydrogen-bond donors (Lipinski definition) is 1.